The van der Waals surface area contributed by atoms with Crippen LogP contribution in [0.2, 0.25) is 0 Å². The summed E-state index contributed by atoms with van der Waals surface area (Å²) in [6.07, 6.45) is 4.59. The van der Waals surface area contributed by atoms with E-state index in [9.17, 15) is 0 Å². The molecule has 1 aromatic heterocycles. The van der Waals surface area contributed by atoms with Gasteiger partial charge in [0.05, 0.1) is 4.90 Å². The summed E-state index contributed by atoms with van der Waals surface area (Å²) >= 11 is 0.790. The van der Waals surface area contributed by atoms with Gasteiger partial charge in [-0.25, -0.2) is 0 Å². The molecule has 0 aliphatic carbocycles. The fraction of sp³-hybridized carbons (Fsp3) is 0.0909. The molecule has 3 heteroatoms. The molecule has 0 amide bonds. The molecule has 1 aromatic carbocycles. The zero-order chi connectivity index (χ0) is 9.80. The van der Waals surface area contributed by atoms with Crippen molar-refractivity contribution in [2.45, 2.75) is 11.3 Å². The van der Waals surface area contributed by atoms with Crippen LogP contribution in [0.4, 0.5) is 0 Å². The van der Waals surface area contributed by atoms with Gasteiger partial charge in [0.2, 0.25) is 0 Å². The van der Waals surface area contributed by atoms with Crippen molar-refractivity contribution < 1.29 is 4.55 Å². The molecular formula is C11H11NOS. The zero-order valence-electron chi connectivity index (χ0n) is 7.60. The van der Waals surface area contributed by atoms with Crippen molar-refractivity contribution in [3.63, 3.8) is 0 Å². The molecule has 2 N–H and O–H groups in total. The second-order valence-corrected chi connectivity index (χ2v) is 3.72. The number of hydrogen-bond donors (Lipinski definition) is 2. The molecule has 2 nitrogen and oxygen atoms in total. The number of nitrogens with one attached hydrogen (secondary N) is 1. The third-order valence-electron chi connectivity index (χ3n) is 2.12. The van der Waals surface area contributed by atoms with E-state index in [2.05, 4.69) is 17.1 Å². The normalized spacial score (nSPS) is 10.4. The van der Waals surface area contributed by atoms with Gasteiger partial charge in [-0.2, -0.15) is 0 Å². The first kappa shape index (κ1) is 9.37. The number of hydrogen-bond acceptors (Lipinski definition) is 2. The van der Waals surface area contributed by atoms with Crippen LogP contribution < -0.4 is 0 Å². The lowest BCUT2D eigenvalue weighted by molar-refractivity contribution is 0.663. The number of H-pyrrole nitrogens is 1. The van der Waals surface area contributed by atoms with E-state index in [4.69, 9.17) is 4.55 Å². The zero-order valence-corrected chi connectivity index (χ0v) is 8.42. The van der Waals surface area contributed by atoms with Crippen LogP contribution in [-0.4, -0.2) is 9.54 Å². The van der Waals surface area contributed by atoms with Crippen LogP contribution in [0.25, 0.3) is 0 Å². The molecule has 2 aromatic rings. The summed E-state index contributed by atoms with van der Waals surface area (Å²) in [5, 5.41) is 0. The van der Waals surface area contributed by atoms with Crippen LogP contribution in [0.3, 0.4) is 0 Å². The lowest BCUT2D eigenvalue weighted by Crippen LogP contribution is -1.86. The van der Waals surface area contributed by atoms with Crippen LogP contribution in [0, 0.1) is 0 Å². The Morgan fingerprint density at radius 1 is 1.14 bits per heavy atom. The molecule has 0 saturated heterocycles. The van der Waals surface area contributed by atoms with Gasteiger partial charge in [0.15, 0.2) is 0 Å². The van der Waals surface area contributed by atoms with Crippen molar-refractivity contribution in [3.8, 4) is 0 Å². The van der Waals surface area contributed by atoms with Gasteiger partial charge in [-0.05, 0) is 11.1 Å². The van der Waals surface area contributed by atoms with Crippen LogP contribution in [0.5, 0.6) is 0 Å². The van der Waals surface area contributed by atoms with E-state index in [1.165, 1.54) is 5.56 Å². The van der Waals surface area contributed by atoms with Gasteiger partial charge < -0.3 is 9.54 Å². The Labute approximate surface area is 87.2 Å². The standard InChI is InChI=1S/C11H11NOS/c13-14-11-8-12-7-10(11)6-9-4-2-1-3-5-9/h1-5,7-8,12-13H,6H2. The van der Waals surface area contributed by atoms with Gasteiger partial charge in [-0.3, -0.25) is 0 Å². The Morgan fingerprint density at radius 3 is 2.64 bits per heavy atom. The third kappa shape index (κ3) is 2.00. The van der Waals surface area contributed by atoms with Crippen LogP contribution >= 0.6 is 12.0 Å². The van der Waals surface area contributed by atoms with Crippen molar-refractivity contribution >= 4 is 12.0 Å². The molecule has 1 heterocycles. The molecule has 0 fully saturated rings. The van der Waals surface area contributed by atoms with Crippen molar-refractivity contribution in [1.82, 2.24) is 4.98 Å². The highest BCUT2D eigenvalue weighted by Gasteiger charge is 2.03. The Bertz CT molecular complexity index is 397. The monoisotopic (exact) mass is 205 g/mol. The number of aromatic nitrogens is 1. The first-order chi connectivity index (χ1) is 6.90. The van der Waals surface area contributed by atoms with E-state index in [1.807, 2.05) is 30.6 Å². The Kier molecular flexibility index (Phi) is 2.91. The van der Waals surface area contributed by atoms with Crippen molar-refractivity contribution in [2.75, 3.05) is 0 Å². The molecule has 0 aliphatic heterocycles. The molecule has 0 radical (unpaired) electrons. The van der Waals surface area contributed by atoms with Crippen LogP contribution in [0.1, 0.15) is 11.1 Å². The summed E-state index contributed by atoms with van der Waals surface area (Å²) in [5.41, 5.74) is 2.38. The largest absolute Gasteiger partial charge is 0.366 e. The van der Waals surface area contributed by atoms with Gasteiger partial charge in [0.25, 0.3) is 0 Å². The quantitative estimate of drug-likeness (QED) is 0.755. The van der Waals surface area contributed by atoms with E-state index in [0.717, 1.165) is 28.9 Å². The topological polar surface area (TPSA) is 36.0 Å². The Morgan fingerprint density at radius 2 is 1.93 bits per heavy atom. The van der Waals surface area contributed by atoms with E-state index in [0.29, 0.717) is 0 Å². The van der Waals surface area contributed by atoms with Crippen molar-refractivity contribution in [1.29, 1.82) is 0 Å². The predicted octanol–water partition coefficient (Wildman–Crippen LogP) is 3.17. The van der Waals surface area contributed by atoms with Crippen molar-refractivity contribution in [3.05, 3.63) is 53.9 Å². The van der Waals surface area contributed by atoms with Crippen LogP contribution in [0.15, 0.2) is 47.6 Å². The summed E-state index contributed by atoms with van der Waals surface area (Å²) < 4.78 is 8.98. The van der Waals surface area contributed by atoms with E-state index in [1.54, 1.807) is 0 Å². The summed E-state index contributed by atoms with van der Waals surface area (Å²) in [7, 11) is 0. The summed E-state index contributed by atoms with van der Waals surface area (Å²) in [6.45, 7) is 0. The predicted molar refractivity (Wildman–Crippen MR) is 58.5 cm³/mol. The second-order valence-electron chi connectivity index (χ2n) is 3.10. The minimum Gasteiger partial charge on any atom is -0.366 e. The maximum atomic E-state index is 8.98. The van der Waals surface area contributed by atoms with Gasteiger partial charge in [-0.15, -0.1) is 0 Å². The lowest BCUT2D eigenvalue weighted by Gasteiger charge is -2.00. The number of aromatic amines is 1. The van der Waals surface area contributed by atoms with Gasteiger partial charge in [0, 0.05) is 30.9 Å². The molecule has 0 saturated carbocycles. The fourth-order valence-corrected chi connectivity index (χ4v) is 1.79. The molecule has 0 atom stereocenters. The molecule has 0 spiro atoms. The van der Waals surface area contributed by atoms with Gasteiger partial charge >= 0.3 is 0 Å². The maximum Gasteiger partial charge on any atom is 0.0560 e. The second kappa shape index (κ2) is 4.35. The number of rotatable bonds is 3. The number of benzene rings is 1. The average Bonchev–Trinajstić information content (AvgIpc) is 2.67. The van der Waals surface area contributed by atoms with E-state index in [-0.39, 0.29) is 0 Å². The van der Waals surface area contributed by atoms with Gasteiger partial charge in [-0.1, -0.05) is 30.3 Å². The van der Waals surface area contributed by atoms with E-state index < -0.39 is 0 Å². The molecule has 0 bridgehead atoms. The Hall–Kier alpha value is -1.19. The summed E-state index contributed by atoms with van der Waals surface area (Å²) in [4.78, 5) is 3.89. The minimum absolute atomic E-state index is 0.790. The Balaban J connectivity index is 2.19. The van der Waals surface area contributed by atoms with Crippen LogP contribution in [-0.2, 0) is 6.42 Å². The smallest absolute Gasteiger partial charge is 0.0560 e. The molecule has 14 heavy (non-hydrogen) atoms. The maximum absolute atomic E-state index is 8.98. The average molecular weight is 205 g/mol. The van der Waals surface area contributed by atoms with Gasteiger partial charge in [0.1, 0.15) is 0 Å². The highest BCUT2D eigenvalue weighted by Crippen LogP contribution is 2.21. The third-order valence-corrected chi connectivity index (χ3v) is 2.70. The highest BCUT2D eigenvalue weighted by molar-refractivity contribution is 7.93. The summed E-state index contributed by atoms with van der Waals surface area (Å²) in [6, 6.07) is 10.2. The summed E-state index contributed by atoms with van der Waals surface area (Å²) in [5.74, 6) is 0. The molecule has 0 aliphatic rings. The minimum atomic E-state index is 0.790. The molecule has 2 rings (SSSR count). The lowest BCUT2D eigenvalue weighted by atomic mass is 10.1. The molecular weight excluding hydrogens is 194 g/mol. The van der Waals surface area contributed by atoms with E-state index >= 15 is 0 Å². The first-order valence-electron chi connectivity index (χ1n) is 4.41. The van der Waals surface area contributed by atoms with Crippen molar-refractivity contribution in [2.24, 2.45) is 0 Å². The molecule has 0 unspecified atom stereocenters. The fourth-order valence-electron chi connectivity index (χ4n) is 1.42. The first-order valence-corrected chi connectivity index (χ1v) is 5.18. The molecule has 72 valence electrons. The SMILES string of the molecule is OSc1c[nH]cc1Cc1ccccc1. The highest BCUT2D eigenvalue weighted by atomic mass is 32.2.